The molecule has 0 saturated heterocycles. The van der Waals surface area contributed by atoms with E-state index < -0.39 is 6.10 Å². The Hall–Kier alpha value is -2.37. The third kappa shape index (κ3) is 44.6. The standard InChI is InChI=1S/C51H92O6/c1-4-7-10-13-16-19-22-24-25-26-27-30-32-35-38-41-44-50(53)56-47-48(46-55-49(52)43-40-37-34-31-28-21-18-15-12-9-6-3)57-51(54)45-42-39-36-33-29-23-20-17-14-11-8-5-2/h8,11,17,20,29,33,48H,4-7,9-10,12-16,18-19,21-28,30-32,34-47H2,1-3H3/b11-8-,20-17-,33-29-. The zero-order chi connectivity index (χ0) is 41.5. The molecule has 0 bridgehead atoms. The van der Waals surface area contributed by atoms with Crippen molar-refractivity contribution in [2.45, 2.75) is 258 Å². The summed E-state index contributed by atoms with van der Waals surface area (Å²) in [6, 6.07) is 0. The number of carbonyl (C=O) groups is 3. The van der Waals surface area contributed by atoms with Gasteiger partial charge in [0.25, 0.3) is 0 Å². The highest BCUT2D eigenvalue weighted by Gasteiger charge is 2.19. The number of esters is 3. The molecule has 0 rings (SSSR count). The maximum absolute atomic E-state index is 12.7. The summed E-state index contributed by atoms with van der Waals surface area (Å²) in [4.78, 5) is 37.8. The maximum atomic E-state index is 12.7. The highest BCUT2D eigenvalue weighted by Crippen LogP contribution is 2.16. The van der Waals surface area contributed by atoms with E-state index in [2.05, 4.69) is 57.2 Å². The fourth-order valence-corrected chi connectivity index (χ4v) is 6.99. The average Bonchev–Trinajstić information content (AvgIpc) is 3.21. The Morgan fingerprint density at radius 2 is 0.684 bits per heavy atom. The van der Waals surface area contributed by atoms with Crippen molar-refractivity contribution < 1.29 is 28.6 Å². The van der Waals surface area contributed by atoms with Gasteiger partial charge in [0, 0.05) is 19.3 Å². The summed E-state index contributed by atoms with van der Waals surface area (Å²) in [6.07, 6.45) is 52.7. The summed E-state index contributed by atoms with van der Waals surface area (Å²) in [7, 11) is 0. The fraction of sp³-hybridized carbons (Fsp3) is 0.824. The Labute approximate surface area is 353 Å². The van der Waals surface area contributed by atoms with E-state index in [0.29, 0.717) is 19.3 Å². The van der Waals surface area contributed by atoms with Crippen molar-refractivity contribution in [2.24, 2.45) is 0 Å². The zero-order valence-electron chi connectivity index (χ0n) is 37.9. The van der Waals surface area contributed by atoms with Crippen molar-refractivity contribution in [3.8, 4) is 0 Å². The molecule has 0 saturated carbocycles. The molecule has 0 aromatic heterocycles. The van der Waals surface area contributed by atoms with Crippen molar-refractivity contribution in [1.82, 2.24) is 0 Å². The largest absolute Gasteiger partial charge is 0.462 e. The van der Waals surface area contributed by atoms with Crippen LogP contribution in [0.4, 0.5) is 0 Å². The van der Waals surface area contributed by atoms with E-state index in [4.69, 9.17) is 14.2 Å². The highest BCUT2D eigenvalue weighted by atomic mass is 16.6. The van der Waals surface area contributed by atoms with E-state index in [-0.39, 0.29) is 37.5 Å². The van der Waals surface area contributed by atoms with E-state index in [1.165, 1.54) is 135 Å². The number of allylic oxidation sites excluding steroid dienone is 6. The second-order valence-corrected chi connectivity index (χ2v) is 16.4. The first-order valence-corrected chi connectivity index (χ1v) is 24.5. The Morgan fingerprint density at radius 1 is 0.368 bits per heavy atom. The lowest BCUT2D eigenvalue weighted by Crippen LogP contribution is -2.30. The van der Waals surface area contributed by atoms with Gasteiger partial charge in [-0.1, -0.05) is 218 Å². The molecule has 0 radical (unpaired) electrons. The zero-order valence-corrected chi connectivity index (χ0v) is 37.9. The first-order valence-electron chi connectivity index (χ1n) is 24.5. The summed E-state index contributed by atoms with van der Waals surface area (Å²) in [5.41, 5.74) is 0. The smallest absolute Gasteiger partial charge is 0.306 e. The third-order valence-electron chi connectivity index (χ3n) is 10.7. The number of hydrogen-bond acceptors (Lipinski definition) is 6. The molecule has 0 amide bonds. The maximum Gasteiger partial charge on any atom is 0.306 e. The number of unbranched alkanes of at least 4 members (excludes halogenated alkanes) is 27. The molecule has 0 heterocycles. The molecule has 0 aromatic rings. The number of hydrogen-bond donors (Lipinski definition) is 0. The van der Waals surface area contributed by atoms with Crippen LogP contribution >= 0.6 is 0 Å². The summed E-state index contributed by atoms with van der Waals surface area (Å²) in [6.45, 7) is 6.50. The molecule has 0 spiro atoms. The normalized spacial score (nSPS) is 12.3. The molecule has 332 valence electrons. The molecule has 57 heavy (non-hydrogen) atoms. The summed E-state index contributed by atoms with van der Waals surface area (Å²) >= 11 is 0. The minimum Gasteiger partial charge on any atom is -0.462 e. The number of ether oxygens (including phenoxy) is 3. The molecule has 0 fully saturated rings. The minimum atomic E-state index is -0.785. The van der Waals surface area contributed by atoms with Gasteiger partial charge in [0.1, 0.15) is 13.2 Å². The third-order valence-corrected chi connectivity index (χ3v) is 10.7. The van der Waals surface area contributed by atoms with Crippen LogP contribution in [0.15, 0.2) is 36.5 Å². The van der Waals surface area contributed by atoms with Gasteiger partial charge in [0.15, 0.2) is 6.10 Å². The van der Waals surface area contributed by atoms with E-state index in [9.17, 15) is 14.4 Å². The predicted molar refractivity (Wildman–Crippen MR) is 242 cm³/mol. The molecule has 0 aliphatic heterocycles. The molecule has 0 aromatic carbocycles. The van der Waals surface area contributed by atoms with Gasteiger partial charge in [0.05, 0.1) is 0 Å². The lowest BCUT2D eigenvalue weighted by molar-refractivity contribution is -0.167. The van der Waals surface area contributed by atoms with E-state index in [1.54, 1.807) is 0 Å². The summed E-state index contributed by atoms with van der Waals surface area (Å²) < 4.78 is 16.7. The van der Waals surface area contributed by atoms with Gasteiger partial charge < -0.3 is 14.2 Å². The Bertz CT molecular complexity index is 969. The van der Waals surface area contributed by atoms with Gasteiger partial charge in [0.2, 0.25) is 0 Å². The van der Waals surface area contributed by atoms with Crippen LogP contribution < -0.4 is 0 Å². The Morgan fingerprint density at radius 3 is 1.07 bits per heavy atom. The van der Waals surface area contributed by atoms with Gasteiger partial charge in [-0.3, -0.25) is 14.4 Å². The Kier molecular flexibility index (Phi) is 44.4. The highest BCUT2D eigenvalue weighted by molar-refractivity contribution is 5.71. The second kappa shape index (κ2) is 46.3. The topological polar surface area (TPSA) is 78.9 Å². The van der Waals surface area contributed by atoms with Crippen LogP contribution in [0.25, 0.3) is 0 Å². The van der Waals surface area contributed by atoms with Gasteiger partial charge in [-0.15, -0.1) is 0 Å². The van der Waals surface area contributed by atoms with Gasteiger partial charge in [-0.25, -0.2) is 0 Å². The van der Waals surface area contributed by atoms with E-state index >= 15 is 0 Å². The first kappa shape index (κ1) is 54.6. The van der Waals surface area contributed by atoms with Gasteiger partial charge in [-0.05, 0) is 51.4 Å². The number of rotatable bonds is 44. The van der Waals surface area contributed by atoms with E-state index in [0.717, 1.165) is 70.6 Å². The predicted octanol–water partition coefficient (Wildman–Crippen LogP) is 15.8. The van der Waals surface area contributed by atoms with Crippen molar-refractivity contribution in [3.05, 3.63) is 36.5 Å². The lowest BCUT2D eigenvalue weighted by Gasteiger charge is -2.18. The average molecular weight is 801 g/mol. The second-order valence-electron chi connectivity index (χ2n) is 16.4. The van der Waals surface area contributed by atoms with Crippen molar-refractivity contribution in [1.29, 1.82) is 0 Å². The number of carbonyl (C=O) groups excluding carboxylic acids is 3. The van der Waals surface area contributed by atoms with Crippen molar-refractivity contribution in [2.75, 3.05) is 13.2 Å². The fourth-order valence-electron chi connectivity index (χ4n) is 6.99. The first-order chi connectivity index (χ1) is 28.0. The van der Waals surface area contributed by atoms with Crippen LogP contribution in [-0.2, 0) is 28.6 Å². The molecule has 0 N–H and O–H groups in total. The monoisotopic (exact) mass is 801 g/mol. The van der Waals surface area contributed by atoms with Crippen LogP contribution in [0.3, 0.4) is 0 Å². The van der Waals surface area contributed by atoms with Gasteiger partial charge in [-0.2, -0.15) is 0 Å². The van der Waals surface area contributed by atoms with Crippen molar-refractivity contribution in [3.63, 3.8) is 0 Å². The molecule has 0 aliphatic carbocycles. The van der Waals surface area contributed by atoms with Crippen LogP contribution in [0.2, 0.25) is 0 Å². The van der Waals surface area contributed by atoms with Crippen LogP contribution in [0, 0.1) is 0 Å². The van der Waals surface area contributed by atoms with E-state index in [1.807, 2.05) is 0 Å². The molecular weight excluding hydrogens is 709 g/mol. The molecule has 6 heteroatoms. The summed E-state index contributed by atoms with van der Waals surface area (Å²) in [5.74, 6) is -0.916. The molecule has 0 aliphatic rings. The van der Waals surface area contributed by atoms with Gasteiger partial charge >= 0.3 is 17.9 Å². The molecule has 1 atom stereocenters. The Balaban J connectivity index is 4.36. The van der Waals surface area contributed by atoms with Crippen LogP contribution in [0.1, 0.15) is 252 Å². The molecular formula is C51H92O6. The SMILES string of the molecule is CC/C=C\C/C=C\C/C=C\CCCCC(=O)OC(COC(=O)CCCCCCCCCCCCC)COC(=O)CCCCCCCCCCCCCCCCCC. The quantitative estimate of drug-likeness (QED) is 0.0264. The summed E-state index contributed by atoms with van der Waals surface area (Å²) in [5, 5.41) is 0. The molecule has 1 unspecified atom stereocenters. The van der Waals surface area contributed by atoms with Crippen LogP contribution in [-0.4, -0.2) is 37.2 Å². The van der Waals surface area contributed by atoms with Crippen LogP contribution in [0.5, 0.6) is 0 Å². The lowest BCUT2D eigenvalue weighted by atomic mass is 10.0. The minimum absolute atomic E-state index is 0.0837. The van der Waals surface area contributed by atoms with Crippen molar-refractivity contribution >= 4 is 17.9 Å². The molecule has 6 nitrogen and oxygen atoms in total.